The molecule has 0 unspecified atom stereocenters. The van der Waals surface area contributed by atoms with Crippen molar-refractivity contribution in [2.24, 2.45) is 0 Å². The largest absolute Gasteiger partial charge is 0.508 e. The van der Waals surface area contributed by atoms with E-state index in [4.69, 9.17) is 9.15 Å². The molecule has 2 aromatic rings. The molecule has 0 bridgehead atoms. The fourth-order valence-corrected chi connectivity index (χ4v) is 3.03. The van der Waals surface area contributed by atoms with E-state index in [1.807, 2.05) is 6.92 Å². The van der Waals surface area contributed by atoms with Crippen molar-refractivity contribution in [3.05, 3.63) is 57.6 Å². The number of Topliss-reactive ketones (excluding diaryl/α,β-unsaturated/α-hetero) is 1. The average Bonchev–Trinajstić information content (AvgIpc) is 2.45. The number of hydrogen-bond donors (Lipinski definition) is 2. The second-order valence-electron chi connectivity index (χ2n) is 5.97. The van der Waals surface area contributed by atoms with Gasteiger partial charge in [-0.3, -0.25) is 4.79 Å². The topological polar surface area (TPSA) is 97.0 Å². The summed E-state index contributed by atoms with van der Waals surface area (Å²) in [6.45, 7) is 1.90. The maximum atomic E-state index is 12.5. The predicted molar refractivity (Wildman–Crippen MR) is 85.3 cm³/mol. The highest BCUT2D eigenvalue weighted by atomic mass is 16.6. The third kappa shape index (κ3) is 3.19. The highest BCUT2D eigenvalue weighted by Crippen LogP contribution is 2.36. The molecule has 0 spiro atoms. The van der Waals surface area contributed by atoms with Crippen LogP contribution < -0.4 is 10.4 Å². The van der Waals surface area contributed by atoms with Gasteiger partial charge < -0.3 is 19.4 Å². The molecule has 2 N–H and O–H groups in total. The maximum absolute atomic E-state index is 12.5. The summed E-state index contributed by atoms with van der Waals surface area (Å²) >= 11 is 0. The summed E-state index contributed by atoms with van der Waals surface area (Å²) < 4.78 is 10.7. The SMILES string of the molecule is CCC[C@]1(O)CC(=O)c2c(Cc3cc(O)cc(=O)o3)cccc2O1. The van der Waals surface area contributed by atoms with Crippen molar-refractivity contribution in [1.82, 2.24) is 0 Å². The minimum absolute atomic E-state index is 0.116. The van der Waals surface area contributed by atoms with E-state index in [0.29, 0.717) is 29.7 Å². The van der Waals surface area contributed by atoms with Crippen molar-refractivity contribution in [1.29, 1.82) is 0 Å². The molecule has 0 saturated carbocycles. The van der Waals surface area contributed by atoms with Crippen LogP contribution in [-0.2, 0) is 6.42 Å². The lowest BCUT2D eigenvalue weighted by Gasteiger charge is -2.33. The Hall–Kier alpha value is -2.60. The number of carbonyl (C=O) groups excluding carboxylic acids is 1. The van der Waals surface area contributed by atoms with Gasteiger partial charge >= 0.3 is 5.63 Å². The third-order valence-corrected chi connectivity index (χ3v) is 3.94. The normalized spacial score (nSPS) is 19.7. The lowest BCUT2D eigenvalue weighted by atomic mass is 9.91. The summed E-state index contributed by atoms with van der Waals surface area (Å²) in [5, 5.41) is 19.9. The fourth-order valence-electron chi connectivity index (χ4n) is 3.03. The number of carbonyl (C=O) groups is 1. The van der Waals surface area contributed by atoms with Crippen LogP contribution in [0.4, 0.5) is 0 Å². The van der Waals surface area contributed by atoms with Crippen molar-refractivity contribution in [3.8, 4) is 11.5 Å². The molecule has 2 heterocycles. The van der Waals surface area contributed by atoms with Gasteiger partial charge in [0.1, 0.15) is 17.3 Å². The Morgan fingerprint density at radius 3 is 2.75 bits per heavy atom. The van der Waals surface area contributed by atoms with Crippen molar-refractivity contribution in [2.45, 2.75) is 38.4 Å². The van der Waals surface area contributed by atoms with Gasteiger partial charge in [0.2, 0.25) is 5.79 Å². The van der Waals surface area contributed by atoms with E-state index in [1.54, 1.807) is 18.2 Å². The Kier molecular flexibility index (Phi) is 4.15. The molecule has 3 rings (SSSR count). The summed E-state index contributed by atoms with van der Waals surface area (Å²) in [4.78, 5) is 23.9. The second-order valence-corrected chi connectivity index (χ2v) is 5.97. The molecule has 0 amide bonds. The monoisotopic (exact) mass is 330 g/mol. The first kappa shape index (κ1) is 16.3. The van der Waals surface area contributed by atoms with Gasteiger partial charge in [0.05, 0.1) is 18.1 Å². The van der Waals surface area contributed by atoms with Gasteiger partial charge in [0, 0.05) is 18.9 Å². The van der Waals surface area contributed by atoms with Gasteiger partial charge in [0.15, 0.2) is 5.78 Å². The molecule has 6 nitrogen and oxygen atoms in total. The zero-order chi connectivity index (χ0) is 17.3. The van der Waals surface area contributed by atoms with Crippen molar-refractivity contribution >= 4 is 5.78 Å². The van der Waals surface area contributed by atoms with Crippen LogP contribution in [0.2, 0.25) is 0 Å². The smallest absolute Gasteiger partial charge is 0.339 e. The molecule has 1 atom stereocenters. The number of rotatable bonds is 4. The van der Waals surface area contributed by atoms with Crippen LogP contribution in [0, 0.1) is 0 Å². The molecule has 1 aliphatic heterocycles. The van der Waals surface area contributed by atoms with E-state index < -0.39 is 11.4 Å². The zero-order valence-electron chi connectivity index (χ0n) is 13.2. The molecule has 1 aromatic heterocycles. The standard InChI is InChI=1S/C18H18O6/c1-2-6-18(22)10-14(20)17-11(4-3-5-15(17)24-18)7-13-8-12(19)9-16(21)23-13/h3-5,8-9,19,22H,2,6-7,10H2,1H3/t18-/m1/s1. The summed E-state index contributed by atoms with van der Waals surface area (Å²) in [6, 6.07) is 7.38. The van der Waals surface area contributed by atoms with Gasteiger partial charge in [-0.15, -0.1) is 0 Å². The first-order chi connectivity index (χ1) is 11.4. The van der Waals surface area contributed by atoms with E-state index in [2.05, 4.69) is 0 Å². The molecule has 0 saturated heterocycles. The maximum Gasteiger partial charge on any atom is 0.339 e. The van der Waals surface area contributed by atoms with E-state index >= 15 is 0 Å². The second kappa shape index (κ2) is 6.13. The molecule has 1 aromatic carbocycles. The zero-order valence-corrected chi connectivity index (χ0v) is 13.2. The minimum Gasteiger partial charge on any atom is -0.508 e. The van der Waals surface area contributed by atoms with Gasteiger partial charge in [-0.25, -0.2) is 4.79 Å². The first-order valence-corrected chi connectivity index (χ1v) is 7.80. The van der Waals surface area contributed by atoms with Crippen molar-refractivity contribution in [3.63, 3.8) is 0 Å². The Bertz CT molecular complexity index is 838. The number of fused-ring (bicyclic) bond motifs is 1. The summed E-state index contributed by atoms with van der Waals surface area (Å²) in [6.07, 6.45) is 1.10. The van der Waals surface area contributed by atoms with Crippen LogP contribution in [0.25, 0.3) is 0 Å². The molecule has 24 heavy (non-hydrogen) atoms. The Balaban J connectivity index is 1.98. The molecule has 126 valence electrons. The van der Waals surface area contributed by atoms with Crippen LogP contribution >= 0.6 is 0 Å². The molecule has 0 aliphatic carbocycles. The minimum atomic E-state index is -1.48. The quantitative estimate of drug-likeness (QED) is 0.893. The molecule has 1 aliphatic rings. The number of hydrogen-bond acceptors (Lipinski definition) is 6. The Labute approximate surface area is 138 Å². The first-order valence-electron chi connectivity index (χ1n) is 7.80. The molecular formula is C18H18O6. The van der Waals surface area contributed by atoms with E-state index in [-0.39, 0.29) is 30.1 Å². The Morgan fingerprint density at radius 2 is 2.04 bits per heavy atom. The van der Waals surface area contributed by atoms with E-state index in [0.717, 1.165) is 6.07 Å². The fraction of sp³-hybridized carbons (Fsp3) is 0.333. The molecule has 0 fully saturated rings. The average molecular weight is 330 g/mol. The summed E-state index contributed by atoms with van der Waals surface area (Å²) in [5.41, 5.74) is 0.337. The number of ether oxygens (including phenoxy) is 1. The highest BCUT2D eigenvalue weighted by Gasteiger charge is 2.39. The van der Waals surface area contributed by atoms with Gasteiger partial charge in [-0.05, 0) is 18.1 Å². The van der Waals surface area contributed by atoms with Crippen LogP contribution in [0.1, 0.15) is 47.9 Å². The van der Waals surface area contributed by atoms with Gasteiger partial charge in [-0.1, -0.05) is 19.1 Å². The van der Waals surface area contributed by atoms with Crippen molar-refractivity contribution in [2.75, 3.05) is 0 Å². The highest BCUT2D eigenvalue weighted by molar-refractivity contribution is 6.01. The van der Waals surface area contributed by atoms with Crippen molar-refractivity contribution < 1.29 is 24.2 Å². The third-order valence-electron chi connectivity index (χ3n) is 3.94. The predicted octanol–water partition coefficient (Wildman–Crippen LogP) is 2.39. The van der Waals surface area contributed by atoms with Crippen LogP contribution in [0.5, 0.6) is 11.5 Å². The van der Waals surface area contributed by atoms with E-state index in [1.165, 1.54) is 6.07 Å². The van der Waals surface area contributed by atoms with Gasteiger partial charge in [-0.2, -0.15) is 0 Å². The van der Waals surface area contributed by atoms with Crippen LogP contribution in [0.15, 0.2) is 39.5 Å². The number of benzene rings is 1. The number of ketones is 1. The Morgan fingerprint density at radius 1 is 1.25 bits per heavy atom. The summed E-state index contributed by atoms with van der Waals surface area (Å²) in [7, 11) is 0. The van der Waals surface area contributed by atoms with Crippen LogP contribution in [-0.4, -0.2) is 21.8 Å². The number of aliphatic hydroxyl groups is 1. The molecule has 6 heteroatoms. The van der Waals surface area contributed by atoms with Gasteiger partial charge in [0.25, 0.3) is 0 Å². The van der Waals surface area contributed by atoms with E-state index in [9.17, 15) is 19.8 Å². The number of aromatic hydroxyl groups is 1. The van der Waals surface area contributed by atoms with Crippen LogP contribution in [0.3, 0.4) is 0 Å². The summed E-state index contributed by atoms with van der Waals surface area (Å²) in [5.74, 6) is -1.32. The lowest BCUT2D eigenvalue weighted by molar-refractivity contribution is -0.144. The molecule has 0 radical (unpaired) electrons. The molecular weight excluding hydrogens is 312 g/mol. The lowest BCUT2D eigenvalue weighted by Crippen LogP contribution is -2.42.